The van der Waals surface area contributed by atoms with Gasteiger partial charge in [-0.3, -0.25) is 29.4 Å². The van der Waals surface area contributed by atoms with Crippen molar-refractivity contribution in [3.63, 3.8) is 0 Å². The summed E-state index contributed by atoms with van der Waals surface area (Å²) in [4.78, 5) is 48.4. The van der Waals surface area contributed by atoms with E-state index in [2.05, 4.69) is 5.32 Å². The molecular formula is C27H23N3O9S2. The largest absolute Gasteiger partial charge is 0.490 e. The second-order valence-electron chi connectivity index (χ2n) is 8.54. The van der Waals surface area contributed by atoms with Crippen molar-refractivity contribution in [3.05, 3.63) is 92.9 Å². The zero-order valence-electron chi connectivity index (χ0n) is 21.7. The summed E-state index contributed by atoms with van der Waals surface area (Å²) in [5, 5.41) is 13.3. The molecule has 0 bridgehead atoms. The van der Waals surface area contributed by atoms with E-state index >= 15 is 0 Å². The molecule has 0 aliphatic carbocycles. The van der Waals surface area contributed by atoms with Crippen LogP contribution in [0.3, 0.4) is 0 Å². The quantitative estimate of drug-likeness (QED) is 0.146. The van der Waals surface area contributed by atoms with E-state index in [0.717, 1.165) is 4.90 Å². The molecule has 0 saturated carbocycles. The lowest BCUT2D eigenvalue weighted by Gasteiger charge is -2.13. The number of thioether (sulfide) groups is 1. The standard InChI is InChI=1S/C27H23N3O9S2/c1-3-38-24-14-18(8-13-23(24)39-41(36,37)21-11-9-20(10-12-21)28-17(2)31)15-25-26(32)29(27(33)40-25)16-19-6-4-5-7-22(19)30(34)35/h4-15H,3,16H2,1-2H3,(H,28,31)/b25-15-. The first-order valence-electron chi connectivity index (χ1n) is 12.0. The van der Waals surface area contributed by atoms with Crippen molar-refractivity contribution in [1.29, 1.82) is 0 Å². The second-order valence-corrected chi connectivity index (χ2v) is 11.1. The van der Waals surface area contributed by atoms with Crippen molar-refractivity contribution < 1.29 is 36.6 Å². The highest BCUT2D eigenvalue weighted by atomic mass is 32.2. The molecular weight excluding hydrogens is 574 g/mol. The van der Waals surface area contributed by atoms with Crippen LogP contribution in [-0.2, 0) is 26.3 Å². The van der Waals surface area contributed by atoms with E-state index in [0.29, 0.717) is 23.0 Å². The molecule has 1 N–H and O–H groups in total. The number of hydrogen-bond donors (Lipinski definition) is 1. The molecule has 3 amide bonds. The highest BCUT2D eigenvalue weighted by Gasteiger charge is 2.36. The molecule has 41 heavy (non-hydrogen) atoms. The number of amides is 3. The van der Waals surface area contributed by atoms with Gasteiger partial charge in [-0.05, 0) is 66.7 Å². The van der Waals surface area contributed by atoms with E-state index in [-0.39, 0.29) is 51.6 Å². The first-order valence-corrected chi connectivity index (χ1v) is 14.3. The number of hydrogen-bond acceptors (Lipinski definition) is 10. The van der Waals surface area contributed by atoms with E-state index in [1.165, 1.54) is 73.7 Å². The SMILES string of the molecule is CCOc1cc(/C=C2\SC(=O)N(Cc3ccccc3[N+](=O)[O-])C2=O)ccc1OS(=O)(=O)c1ccc(NC(C)=O)cc1. The smallest absolute Gasteiger partial charge is 0.339 e. The van der Waals surface area contributed by atoms with Crippen LogP contribution in [0.2, 0.25) is 0 Å². The predicted octanol–water partition coefficient (Wildman–Crippen LogP) is 4.96. The number of imide groups is 1. The lowest BCUT2D eigenvalue weighted by atomic mass is 10.1. The predicted molar refractivity (Wildman–Crippen MR) is 151 cm³/mol. The van der Waals surface area contributed by atoms with Crippen LogP contribution in [0.25, 0.3) is 6.08 Å². The lowest BCUT2D eigenvalue weighted by Crippen LogP contribution is -2.27. The Kier molecular flexibility index (Phi) is 8.74. The molecule has 3 aromatic rings. The summed E-state index contributed by atoms with van der Waals surface area (Å²) in [6, 6.07) is 15.6. The number of nitrogens with one attached hydrogen (secondary N) is 1. The molecule has 0 aromatic heterocycles. The van der Waals surface area contributed by atoms with Crippen LogP contribution in [-0.4, -0.2) is 41.9 Å². The second kappa shape index (κ2) is 12.2. The van der Waals surface area contributed by atoms with Gasteiger partial charge < -0.3 is 14.2 Å². The molecule has 0 atom stereocenters. The zero-order chi connectivity index (χ0) is 29.7. The topological polar surface area (TPSA) is 162 Å². The van der Waals surface area contributed by atoms with Crippen LogP contribution < -0.4 is 14.2 Å². The van der Waals surface area contributed by atoms with Gasteiger partial charge in [0.1, 0.15) is 4.90 Å². The highest BCUT2D eigenvalue weighted by Crippen LogP contribution is 2.37. The molecule has 4 rings (SSSR count). The first kappa shape index (κ1) is 29.3. The molecule has 0 spiro atoms. The summed E-state index contributed by atoms with van der Waals surface area (Å²) in [5.41, 5.74) is 0.856. The summed E-state index contributed by atoms with van der Waals surface area (Å²) in [7, 11) is -4.26. The van der Waals surface area contributed by atoms with Crippen LogP contribution in [0.15, 0.2) is 76.5 Å². The Morgan fingerprint density at radius 1 is 1.07 bits per heavy atom. The molecule has 12 nitrogen and oxygen atoms in total. The van der Waals surface area contributed by atoms with Crippen LogP contribution in [0, 0.1) is 10.1 Å². The number of carbonyl (C=O) groups is 3. The third-order valence-corrected chi connectivity index (χ3v) is 7.77. The van der Waals surface area contributed by atoms with Crippen molar-refractivity contribution >= 4 is 56.4 Å². The van der Waals surface area contributed by atoms with Crippen molar-refractivity contribution in [2.24, 2.45) is 0 Å². The van der Waals surface area contributed by atoms with E-state index in [1.807, 2.05) is 0 Å². The Bertz CT molecular complexity index is 1670. The van der Waals surface area contributed by atoms with Gasteiger partial charge in [-0.1, -0.05) is 24.3 Å². The normalized spacial score (nSPS) is 14.3. The molecule has 1 saturated heterocycles. The highest BCUT2D eigenvalue weighted by molar-refractivity contribution is 8.18. The number of para-hydroxylation sites is 1. The summed E-state index contributed by atoms with van der Waals surface area (Å²) in [6.45, 7) is 2.94. The van der Waals surface area contributed by atoms with Gasteiger partial charge in [0.25, 0.3) is 16.8 Å². The summed E-state index contributed by atoms with van der Waals surface area (Å²) in [6.07, 6.45) is 1.44. The van der Waals surface area contributed by atoms with Crippen LogP contribution in [0.5, 0.6) is 11.5 Å². The van der Waals surface area contributed by atoms with Gasteiger partial charge in [0, 0.05) is 24.2 Å². The minimum atomic E-state index is -4.26. The molecule has 0 unspecified atom stereocenters. The average Bonchev–Trinajstić information content (AvgIpc) is 3.17. The van der Waals surface area contributed by atoms with E-state index < -0.39 is 26.2 Å². The first-order chi connectivity index (χ1) is 19.5. The molecule has 1 aliphatic heterocycles. The maximum absolute atomic E-state index is 13.0. The summed E-state index contributed by atoms with van der Waals surface area (Å²) >= 11 is 0.680. The zero-order valence-corrected chi connectivity index (χ0v) is 23.4. The van der Waals surface area contributed by atoms with Crippen molar-refractivity contribution in [2.45, 2.75) is 25.3 Å². The number of nitrogens with zero attached hydrogens (tertiary/aromatic N) is 2. The number of carbonyl (C=O) groups excluding carboxylic acids is 3. The Morgan fingerprint density at radius 2 is 1.78 bits per heavy atom. The fourth-order valence-corrected chi connectivity index (χ4v) is 5.58. The molecule has 1 fully saturated rings. The van der Waals surface area contributed by atoms with Gasteiger partial charge in [0.2, 0.25) is 5.91 Å². The van der Waals surface area contributed by atoms with E-state index in [1.54, 1.807) is 13.0 Å². The van der Waals surface area contributed by atoms with Crippen molar-refractivity contribution in [2.75, 3.05) is 11.9 Å². The Morgan fingerprint density at radius 3 is 2.44 bits per heavy atom. The summed E-state index contributed by atoms with van der Waals surface area (Å²) < 4.78 is 36.6. The number of ether oxygens (including phenoxy) is 1. The van der Waals surface area contributed by atoms with E-state index in [4.69, 9.17) is 8.92 Å². The molecule has 1 aliphatic rings. The van der Waals surface area contributed by atoms with Gasteiger partial charge in [0.15, 0.2) is 11.5 Å². The van der Waals surface area contributed by atoms with Crippen LogP contribution >= 0.6 is 11.8 Å². The van der Waals surface area contributed by atoms with Crippen molar-refractivity contribution in [3.8, 4) is 11.5 Å². The number of rotatable bonds is 10. The average molecular weight is 598 g/mol. The van der Waals surface area contributed by atoms with Gasteiger partial charge in [0.05, 0.1) is 23.0 Å². The molecule has 0 radical (unpaired) electrons. The molecule has 1 heterocycles. The molecule has 212 valence electrons. The maximum atomic E-state index is 13.0. The molecule has 14 heteroatoms. The number of benzene rings is 3. The van der Waals surface area contributed by atoms with Gasteiger partial charge in [-0.2, -0.15) is 8.42 Å². The van der Waals surface area contributed by atoms with Gasteiger partial charge in [-0.25, -0.2) is 0 Å². The molecule has 3 aromatic carbocycles. The van der Waals surface area contributed by atoms with Crippen LogP contribution in [0.1, 0.15) is 25.0 Å². The Balaban J connectivity index is 1.55. The van der Waals surface area contributed by atoms with Gasteiger partial charge in [-0.15, -0.1) is 0 Å². The summed E-state index contributed by atoms with van der Waals surface area (Å²) in [5.74, 6) is -0.941. The monoisotopic (exact) mass is 597 g/mol. The third kappa shape index (κ3) is 6.91. The van der Waals surface area contributed by atoms with Crippen LogP contribution in [0.4, 0.5) is 16.2 Å². The minimum Gasteiger partial charge on any atom is -0.490 e. The Hall–Kier alpha value is -4.69. The van der Waals surface area contributed by atoms with Crippen molar-refractivity contribution in [1.82, 2.24) is 4.90 Å². The fourth-order valence-electron chi connectivity index (χ4n) is 3.81. The number of nitro benzene ring substituents is 1. The fraction of sp³-hybridized carbons (Fsp3) is 0.148. The number of nitro groups is 1. The minimum absolute atomic E-state index is 0.0802. The number of anilines is 1. The Labute approximate surface area is 239 Å². The van der Waals surface area contributed by atoms with E-state index in [9.17, 15) is 32.9 Å². The van der Waals surface area contributed by atoms with Gasteiger partial charge >= 0.3 is 10.1 Å². The maximum Gasteiger partial charge on any atom is 0.339 e. The lowest BCUT2D eigenvalue weighted by molar-refractivity contribution is -0.385. The third-order valence-electron chi connectivity index (χ3n) is 5.62.